The molecule has 1 aromatic carbocycles. The number of phenolic OH excluding ortho intramolecular Hbond substituents is 2. The zero-order valence-electron chi connectivity index (χ0n) is 8.37. The van der Waals surface area contributed by atoms with E-state index in [1.54, 1.807) is 6.92 Å². The first kappa shape index (κ1) is 10.8. The predicted molar refractivity (Wildman–Crippen MR) is 53.1 cm³/mol. The van der Waals surface area contributed by atoms with E-state index in [1.807, 2.05) is 13.0 Å². The molecule has 0 spiro atoms. The summed E-state index contributed by atoms with van der Waals surface area (Å²) in [6.45, 7) is 3.95. The van der Waals surface area contributed by atoms with Gasteiger partial charge < -0.3 is 15.1 Å². The molecule has 4 N–H and O–H groups in total. The number of rotatable bonds is 3. The molecule has 78 valence electrons. The number of hydrogen-bond acceptors (Lipinski definition) is 4. The van der Waals surface area contributed by atoms with E-state index in [9.17, 15) is 10.2 Å². The van der Waals surface area contributed by atoms with Crippen molar-refractivity contribution in [3.63, 3.8) is 0 Å². The Balaban J connectivity index is 3.06. The molecular formula is C10H15NO3. The molecule has 0 aliphatic carbocycles. The predicted octanol–water partition coefficient (Wildman–Crippen LogP) is 1.15. The Morgan fingerprint density at radius 1 is 1.29 bits per heavy atom. The van der Waals surface area contributed by atoms with Crippen molar-refractivity contribution in [3.8, 4) is 11.5 Å². The van der Waals surface area contributed by atoms with Crippen molar-refractivity contribution < 1.29 is 15.1 Å². The molecule has 0 radical (unpaired) electrons. The first-order valence-corrected chi connectivity index (χ1v) is 4.40. The van der Waals surface area contributed by atoms with Gasteiger partial charge in [-0.25, -0.2) is 5.90 Å². The van der Waals surface area contributed by atoms with E-state index >= 15 is 0 Å². The van der Waals surface area contributed by atoms with Gasteiger partial charge in [0.25, 0.3) is 0 Å². The molecule has 0 heterocycles. The maximum atomic E-state index is 9.58. The molecule has 0 unspecified atom stereocenters. The van der Waals surface area contributed by atoms with Crippen LogP contribution in [-0.2, 0) is 11.3 Å². The van der Waals surface area contributed by atoms with E-state index < -0.39 is 0 Å². The van der Waals surface area contributed by atoms with Crippen molar-refractivity contribution in [2.75, 3.05) is 6.61 Å². The second-order valence-corrected chi connectivity index (χ2v) is 3.30. The van der Waals surface area contributed by atoms with Crippen molar-refractivity contribution in [2.45, 2.75) is 20.3 Å². The topological polar surface area (TPSA) is 75.7 Å². The monoisotopic (exact) mass is 197 g/mol. The highest BCUT2D eigenvalue weighted by Gasteiger charge is 2.11. The highest BCUT2D eigenvalue weighted by molar-refractivity contribution is 5.53. The zero-order chi connectivity index (χ0) is 10.7. The molecule has 0 saturated carbocycles. The summed E-state index contributed by atoms with van der Waals surface area (Å²) in [5.41, 5.74) is 2.28. The molecule has 1 rings (SSSR count). The van der Waals surface area contributed by atoms with Crippen LogP contribution in [0.1, 0.15) is 16.7 Å². The van der Waals surface area contributed by atoms with Gasteiger partial charge in [0.05, 0.1) is 6.61 Å². The summed E-state index contributed by atoms with van der Waals surface area (Å²) in [5, 5.41) is 19.1. The van der Waals surface area contributed by atoms with Crippen LogP contribution in [0.2, 0.25) is 0 Å². The van der Waals surface area contributed by atoms with E-state index in [4.69, 9.17) is 5.90 Å². The molecule has 0 aromatic heterocycles. The van der Waals surface area contributed by atoms with Gasteiger partial charge in [-0.3, -0.25) is 0 Å². The first-order chi connectivity index (χ1) is 6.57. The lowest BCUT2D eigenvalue weighted by atomic mass is 10.0. The third-order valence-corrected chi connectivity index (χ3v) is 2.36. The Hall–Kier alpha value is -1.26. The van der Waals surface area contributed by atoms with Crippen molar-refractivity contribution in [3.05, 3.63) is 22.8 Å². The summed E-state index contributed by atoms with van der Waals surface area (Å²) >= 11 is 0. The van der Waals surface area contributed by atoms with E-state index in [0.29, 0.717) is 24.2 Å². The molecule has 0 aliphatic rings. The van der Waals surface area contributed by atoms with Gasteiger partial charge in [0.1, 0.15) is 0 Å². The number of aryl methyl sites for hydroxylation is 1. The van der Waals surface area contributed by atoms with Crippen molar-refractivity contribution in [1.82, 2.24) is 0 Å². The summed E-state index contributed by atoms with van der Waals surface area (Å²) in [4.78, 5) is 4.42. The van der Waals surface area contributed by atoms with Crippen LogP contribution in [0.5, 0.6) is 11.5 Å². The van der Waals surface area contributed by atoms with Crippen LogP contribution in [-0.4, -0.2) is 16.8 Å². The maximum Gasteiger partial charge on any atom is 0.161 e. The molecule has 14 heavy (non-hydrogen) atoms. The zero-order valence-corrected chi connectivity index (χ0v) is 8.37. The number of benzene rings is 1. The van der Waals surface area contributed by atoms with E-state index in [0.717, 1.165) is 5.56 Å². The number of nitrogens with two attached hydrogens (primary N) is 1. The highest BCUT2D eigenvalue weighted by Crippen LogP contribution is 2.34. The minimum atomic E-state index is -0.0786. The van der Waals surface area contributed by atoms with E-state index in [2.05, 4.69) is 4.84 Å². The molecule has 1 aromatic rings. The number of aromatic hydroxyl groups is 2. The average molecular weight is 197 g/mol. The Morgan fingerprint density at radius 3 is 2.50 bits per heavy atom. The van der Waals surface area contributed by atoms with Crippen LogP contribution in [0.4, 0.5) is 0 Å². The molecule has 0 fully saturated rings. The Kier molecular flexibility index (Phi) is 3.33. The normalized spacial score (nSPS) is 10.5. The first-order valence-electron chi connectivity index (χ1n) is 4.40. The lowest BCUT2D eigenvalue weighted by Crippen LogP contribution is -2.04. The summed E-state index contributed by atoms with van der Waals surface area (Å²) in [6.07, 6.45) is 0.483. The third kappa shape index (κ3) is 1.97. The molecular weight excluding hydrogens is 182 g/mol. The van der Waals surface area contributed by atoms with Crippen LogP contribution in [0, 0.1) is 13.8 Å². The standard InChI is InChI=1S/C10H15NO3/c1-6-5-8(3-4-14-11)10(13)9(12)7(6)2/h5,12-13H,3-4,11H2,1-2H3. The molecule has 0 aliphatic heterocycles. The van der Waals surface area contributed by atoms with Crippen molar-refractivity contribution in [2.24, 2.45) is 5.90 Å². The highest BCUT2D eigenvalue weighted by atomic mass is 16.6. The third-order valence-electron chi connectivity index (χ3n) is 2.36. The van der Waals surface area contributed by atoms with Gasteiger partial charge in [0.2, 0.25) is 0 Å². The van der Waals surface area contributed by atoms with E-state index in [1.165, 1.54) is 0 Å². The summed E-state index contributed by atoms with van der Waals surface area (Å²) in [6, 6.07) is 1.82. The fourth-order valence-electron chi connectivity index (χ4n) is 1.31. The smallest absolute Gasteiger partial charge is 0.161 e. The number of phenols is 2. The largest absolute Gasteiger partial charge is 0.504 e. The fourth-order valence-corrected chi connectivity index (χ4v) is 1.31. The number of hydrogen-bond donors (Lipinski definition) is 3. The second kappa shape index (κ2) is 4.30. The molecule has 0 atom stereocenters. The fraction of sp³-hybridized carbons (Fsp3) is 0.400. The van der Waals surface area contributed by atoms with Crippen molar-refractivity contribution in [1.29, 1.82) is 0 Å². The SMILES string of the molecule is Cc1cc(CCON)c(O)c(O)c1C. The Labute approximate surface area is 82.9 Å². The van der Waals surface area contributed by atoms with Crippen LogP contribution in [0.15, 0.2) is 6.07 Å². The molecule has 0 saturated heterocycles. The van der Waals surface area contributed by atoms with Gasteiger partial charge in [0.15, 0.2) is 11.5 Å². The lowest BCUT2D eigenvalue weighted by Gasteiger charge is -2.10. The maximum absolute atomic E-state index is 9.58. The van der Waals surface area contributed by atoms with Crippen LogP contribution in [0.3, 0.4) is 0 Å². The van der Waals surface area contributed by atoms with E-state index in [-0.39, 0.29) is 11.5 Å². The molecule has 4 heteroatoms. The lowest BCUT2D eigenvalue weighted by molar-refractivity contribution is 0.140. The minimum absolute atomic E-state index is 0.0583. The van der Waals surface area contributed by atoms with Crippen LogP contribution < -0.4 is 5.90 Å². The second-order valence-electron chi connectivity index (χ2n) is 3.30. The molecule has 0 bridgehead atoms. The van der Waals surface area contributed by atoms with Gasteiger partial charge in [-0.15, -0.1) is 0 Å². The van der Waals surface area contributed by atoms with Gasteiger partial charge in [-0.05, 0) is 25.0 Å². The summed E-state index contributed by atoms with van der Waals surface area (Å²) < 4.78 is 0. The summed E-state index contributed by atoms with van der Waals surface area (Å²) in [5.74, 6) is 4.75. The van der Waals surface area contributed by atoms with Gasteiger partial charge in [-0.2, -0.15) is 0 Å². The Morgan fingerprint density at radius 2 is 1.93 bits per heavy atom. The van der Waals surface area contributed by atoms with Gasteiger partial charge >= 0.3 is 0 Å². The minimum Gasteiger partial charge on any atom is -0.504 e. The Bertz CT molecular complexity index is 337. The summed E-state index contributed by atoms with van der Waals surface area (Å²) in [7, 11) is 0. The average Bonchev–Trinajstić information content (AvgIpc) is 2.18. The van der Waals surface area contributed by atoms with Crippen LogP contribution >= 0.6 is 0 Å². The van der Waals surface area contributed by atoms with Gasteiger partial charge in [0, 0.05) is 12.0 Å². The van der Waals surface area contributed by atoms with Crippen LogP contribution in [0.25, 0.3) is 0 Å². The molecule has 0 amide bonds. The van der Waals surface area contributed by atoms with Gasteiger partial charge in [-0.1, -0.05) is 6.07 Å². The van der Waals surface area contributed by atoms with Crippen molar-refractivity contribution >= 4 is 0 Å². The molecule has 4 nitrogen and oxygen atoms in total. The quantitative estimate of drug-likeness (QED) is 0.502.